The number of amides is 1. The van der Waals surface area contributed by atoms with Crippen LogP contribution in [-0.4, -0.2) is 34.0 Å². The zero-order chi connectivity index (χ0) is 19.5. The lowest BCUT2D eigenvalue weighted by molar-refractivity contribution is 0.0755. The minimum atomic E-state index is 0.0413. The molecule has 2 aliphatic heterocycles. The van der Waals surface area contributed by atoms with Gasteiger partial charge in [0.15, 0.2) is 5.11 Å². The fraction of sp³-hybridized carbons (Fsp3) is 0.391. The van der Waals surface area contributed by atoms with Crippen LogP contribution < -0.4 is 10.6 Å². The largest absolute Gasteiger partial charge is 0.349 e. The van der Waals surface area contributed by atoms with Crippen LogP contribution in [0.1, 0.15) is 48.0 Å². The van der Waals surface area contributed by atoms with Crippen molar-refractivity contribution < 1.29 is 4.79 Å². The van der Waals surface area contributed by atoms with Crippen molar-refractivity contribution in [2.45, 2.75) is 57.2 Å². The molecule has 0 unspecified atom stereocenters. The molecule has 0 radical (unpaired) electrons. The van der Waals surface area contributed by atoms with Gasteiger partial charge in [0.25, 0.3) is 5.91 Å². The molecule has 2 aromatic carbocycles. The van der Waals surface area contributed by atoms with Crippen molar-refractivity contribution in [1.29, 1.82) is 0 Å². The van der Waals surface area contributed by atoms with Gasteiger partial charge in [-0.1, -0.05) is 36.4 Å². The van der Waals surface area contributed by atoms with Crippen LogP contribution in [0.3, 0.4) is 0 Å². The second-order valence-corrected chi connectivity index (χ2v) is 8.29. The van der Waals surface area contributed by atoms with Crippen molar-refractivity contribution in [3.05, 3.63) is 65.7 Å². The zero-order valence-electron chi connectivity index (χ0n) is 16.2. The first-order valence-corrected chi connectivity index (χ1v) is 10.5. The molecule has 2 aromatic rings. The number of anilines is 1. The van der Waals surface area contributed by atoms with E-state index in [0.29, 0.717) is 12.1 Å². The number of carbonyl (C=O) groups is 1. The van der Waals surface area contributed by atoms with E-state index in [9.17, 15) is 4.79 Å². The third-order valence-electron chi connectivity index (χ3n) is 5.96. The fourth-order valence-corrected chi connectivity index (χ4v) is 5.05. The van der Waals surface area contributed by atoms with E-state index in [1.807, 2.05) is 61.5 Å². The molecule has 4 nitrogen and oxygen atoms in total. The molecule has 0 aliphatic carbocycles. The molecular formula is C23H27N3OS. The molecule has 0 aromatic heterocycles. The van der Waals surface area contributed by atoms with Crippen LogP contribution >= 0.6 is 12.2 Å². The summed E-state index contributed by atoms with van der Waals surface area (Å²) in [6.07, 6.45) is 5.39. The molecule has 2 saturated heterocycles. The van der Waals surface area contributed by atoms with Crippen molar-refractivity contribution in [3.63, 3.8) is 0 Å². The summed E-state index contributed by atoms with van der Waals surface area (Å²) in [6.45, 7) is 1.99. The predicted octanol–water partition coefficient (Wildman–Crippen LogP) is 4.51. The smallest absolute Gasteiger partial charge is 0.251 e. The van der Waals surface area contributed by atoms with Gasteiger partial charge in [-0.15, -0.1) is 0 Å². The monoisotopic (exact) mass is 393 g/mol. The first-order chi connectivity index (χ1) is 13.6. The Morgan fingerprint density at radius 1 is 1.00 bits per heavy atom. The first-order valence-electron chi connectivity index (χ1n) is 10.1. The molecule has 5 heteroatoms. The van der Waals surface area contributed by atoms with E-state index >= 15 is 0 Å². The third-order valence-corrected chi connectivity index (χ3v) is 6.27. The highest BCUT2D eigenvalue weighted by atomic mass is 32.1. The summed E-state index contributed by atoms with van der Waals surface area (Å²) in [5.41, 5.74) is 2.82. The molecular weight excluding hydrogens is 366 g/mol. The van der Waals surface area contributed by atoms with Crippen LogP contribution in [0.2, 0.25) is 0 Å². The summed E-state index contributed by atoms with van der Waals surface area (Å²) < 4.78 is 0. The second kappa shape index (κ2) is 8.31. The van der Waals surface area contributed by atoms with Crippen molar-refractivity contribution in [2.24, 2.45) is 0 Å². The highest BCUT2D eigenvalue weighted by molar-refractivity contribution is 7.80. The Bertz CT molecular complexity index is 840. The predicted molar refractivity (Wildman–Crippen MR) is 118 cm³/mol. The lowest BCUT2D eigenvalue weighted by atomic mass is 9.82. The Hall–Kier alpha value is -2.40. The summed E-state index contributed by atoms with van der Waals surface area (Å²) in [5, 5.41) is 7.49. The fourth-order valence-electron chi connectivity index (χ4n) is 4.63. The molecule has 2 atom stereocenters. The van der Waals surface area contributed by atoms with Gasteiger partial charge < -0.3 is 15.5 Å². The summed E-state index contributed by atoms with van der Waals surface area (Å²) >= 11 is 5.76. The molecule has 4 rings (SSSR count). The maximum Gasteiger partial charge on any atom is 0.251 e. The summed E-state index contributed by atoms with van der Waals surface area (Å²) in [6, 6.07) is 18.9. The highest BCUT2D eigenvalue weighted by Crippen LogP contribution is 2.35. The molecule has 2 fully saturated rings. The van der Waals surface area contributed by atoms with Crippen LogP contribution in [0.25, 0.3) is 0 Å². The van der Waals surface area contributed by atoms with Gasteiger partial charge in [-0.3, -0.25) is 4.79 Å². The summed E-state index contributed by atoms with van der Waals surface area (Å²) in [5.74, 6) is 0.0413. The third kappa shape index (κ3) is 4.04. The molecule has 146 valence electrons. The van der Waals surface area contributed by atoms with Gasteiger partial charge in [0, 0.05) is 29.4 Å². The Morgan fingerprint density at radius 3 is 2.32 bits per heavy atom. The molecule has 0 saturated carbocycles. The lowest BCUT2D eigenvalue weighted by Crippen LogP contribution is -2.59. The second-order valence-electron chi connectivity index (χ2n) is 7.90. The van der Waals surface area contributed by atoms with Crippen molar-refractivity contribution in [3.8, 4) is 0 Å². The SMILES string of the molecule is Cc1ccccc1C(=O)NC1C[C@@H]2CCC[C@@H](C1)N2C(=S)Nc1ccccc1. The van der Waals surface area contributed by atoms with Crippen molar-refractivity contribution >= 4 is 28.9 Å². The van der Waals surface area contributed by atoms with Crippen molar-refractivity contribution in [2.75, 3.05) is 5.32 Å². The molecule has 2 aliphatic rings. The maximum absolute atomic E-state index is 12.7. The maximum atomic E-state index is 12.7. The number of nitrogens with one attached hydrogen (secondary N) is 2. The number of rotatable bonds is 3. The van der Waals surface area contributed by atoms with Crippen LogP contribution in [0, 0.1) is 6.92 Å². The topological polar surface area (TPSA) is 44.4 Å². The number of piperidine rings is 2. The average molecular weight is 394 g/mol. The Labute approximate surface area is 172 Å². The first kappa shape index (κ1) is 18.9. The van der Waals surface area contributed by atoms with Gasteiger partial charge in [-0.25, -0.2) is 0 Å². The van der Waals surface area contributed by atoms with Crippen LogP contribution in [0.5, 0.6) is 0 Å². The van der Waals surface area contributed by atoms with Crippen LogP contribution in [0.15, 0.2) is 54.6 Å². The quantitative estimate of drug-likeness (QED) is 0.753. The number of nitrogens with zero attached hydrogens (tertiary/aromatic N) is 1. The van der Waals surface area contributed by atoms with Gasteiger partial charge in [-0.05, 0) is 75.0 Å². The number of hydrogen-bond acceptors (Lipinski definition) is 2. The Kier molecular flexibility index (Phi) is 5.62. The molecule has 2 heterocycles. The minimum Gasteiger partial charge on any atom is -0.349 e. The van der Waals surface area contributed by atoms with Crippen LogP contribution in [0.4, 0.5) is 5.69 Å². The number of aryl methyl sites for hydroxylation is 1. The normalized spacial score (nSPS) is 23.8. The molecule has 28 heavy (non-hydrogen) atoms. The average Bonchev–Trinajstić information content (AvgIpc) is 2.68. The summed E-state index contributed by atoms with van der Waals surface area (Å²) in [7, 11) is 0. The van der Waals surface area contributed by atoms with Gasteiger partial charge in [-0.2, -0.15) is 0 Å². The van der Waals surface area contributed by atoms with E-state index in [1.165, 1.54) is 6.42 Å². The number of carbonyl (C=O) groups excluding carboxylic acids is 1. The number of fused-ring (bicyclic) bond motifs is 2. The number of hydrogen-bond donors (Lipinski definition) is 2. The zero-order valence-corrected chi connectivity index (χ0v) is 17.0. The van der Waals surface area contributed by atoms with E-state index in [1.54, 1.807) is 0 Å². The van der Waals surface area contributed by atoms with Crippen LogP contribution in [-0.2, 0) is 0 Å². The number of benzene rings is 2. The van der Waals surface area contributed by atoms with E-state index < -0.39 is 0 Å². The van der Waals surface area contributed by atoms with Crippen molar-refractivity contribution in [1.82, 2.24) is 10.2 Å². The molecule has 0 spiro atoms. The number of thiocarbonyl (C=S) groups is 1. The Balaban J connectivity index is 1.42. The molecule has 2 N–H and O–H groups in total. The minimum absolute atomic E-state index is 0.0413. The van der Waals surface area contributed by atoms with Gasteiger partial charge in [0.1, 0.15) is 0 Å². The van der Waals surface area contributed by atoms with E-state index in [0.717, 1.165) is 47.6 Å². The van der Waals surface area contributed by atoms with Gasteiger partial charge in [0.2, 0.25) is 0 Å². The number of para-hydroxylation sites is 1. The van der Waals surface area contributed by atoms with Gasteiger partial charge in [0.05, 0.1) is 0 Å². The standard InChI is InChI=1S/C23H27N3OS/c1-16-8-5-6-13-21(16)22(27)24-18-14-19-11-7-12-20(15-18)26(19)23(28)25-17-9-3-2-4-10-17/h2-6,8-10,13,18-20H,7,11-12,14-15H2,1H3,(H,24,27)(H,25,28)/t19-,20-/m0/s1. The molecule has 2 bridgehead atoms. The van der Waals surface area contributed by atoms with E-state index in [-0.39, 0.29) is 11.9 Å². The lowest BCUT2D eigenvalue weighted by Gasteiger charge is -2.50. The summed E-state index contributed by atoms with van der Waals surface area (Å²) in [4.78, 5) is 15.1. The highest BCUT2D eigenvalue weighted by Gasteiger charge is 2.40. The van der Waals surface area contributed by atoms with E-state index in [2.05, 4.69) is 15.5 Å². The van der Waals surface area contributed by atoms with E-state index in [4.69, 9.17) is 12.2 Å². The van der Waals surface area contributed by atoms with Gasteiger partial charge >= 0.3 is 0 Å². The molecule has 1 amide bonds. The Morgan fingerprint density at radius 2 is 1.64 bits per heavy atom.